The summed E-state index contributed by atoms with van der Waals surface area (Å²) in [6.45, 7) is 8.13. The van der Waals surface area contributed by atoms with Gasteiger partial charge in [0.05, 0.1) is 11.5 Å². The summed E-state index contributed by atoms with van der Waals surface area (Å²) in [4.78, 5) is 14.4. The quantitative estimate of drug-likeness (QED) is 0.430. The number of nitrogens with zero attached hydrogens (tertiary/aromatic N) is 2. The van der Waals surface area contributed by atoms with Crippen LogP contribution in [0.4, 0.5) is 5.69 Å². The summed E-state index contributed by atoms with van der Waals surface area (Å²) in [5.41, 5.74) is 2.04. The van der Waals surface area contributed by atoms with Gasteiger partial charge in [-0.3, -0.25) is 9.52 Å². The lowest BCUT2D eigenvalue weighted by atomic mass is 10.2. The standard InChI is InChI=1S/C24H31N3O5S/c1-5-26(6-2)24(28)17-27-12-11-19-16-20(7-9-22(19)27)25-33(29,30)21-8-10-23(18(3)15-21)32-14-13-31-4/h7-12,15-16,25H,5-6,13-14,17H2,1-4H3. The van der Waals surface area contributed by atoms with Gasteiger partial charge in [0.25, 0.3) is 10.0 Å². The molecule has 0 aliphatic carbocycles. The molecule has 0 aliphatic rings. The molecule has 0 saturated carbocycles. The minimum Gasteiger partial charge on any atom is -0.491 e. The number of amides is 1. The molecule has 0 radical (unpaired) electrons. The van der Waals surface area contributed by atoms with Crippen molar-refractivity contribution < 1.29 is 22.7 Å². The van der Waals surface area contributed by atoms with E-state index in [-0.39, 0.29) is 17.3 Å². The number of aryl methyl sites for hydroxylation is 1. The number of rotatable bonds is 11. The van der Waals surface area contributed by atoms with Gasteiger partial charge in [0.2, 0.25) is 5.91 Å². The van der Waals surface area contributed by atoms with Crippen molar-refractivity contribution in [1.82, 2.24) is 9.47 Å². The van der Waals surface area contributed by atoms with E-state index < -0.39 is 10.0 Å². The third-order valence-corrected chi connectivity index (χ3v) is 6.83. The fourth-order valence-corrected chi connectivity index (χ4v) is 4.76. The summed E-state index contributed by atoms with van der Waals surface area (Å²) in [5, 5.41) is 0.848. The second-order valence-corrected chi connectivity index (χ2v) is 9.34. The van der Waals surface area contributed by atoms with E-state index in [2.05, 4.69) is 4.72 Å². The van der Waals surface area contributed by atoms with Crippen LogP contribution in [0.3, 0.4) is 0 Å². The Kier molecular flexibility index (Phi) is 7.99. The smallest absolute Gasteiger partial charge is 0.261 e. The van der Waals surface area contributed by atoms with Crippen molar-refractivity contribution in [2.75, 3.05) is 38.1 Å². The largest absolute Gasteiger partial charge is 0.491 e. The van der Waals surface area contributed by atoms with Crippen LogP contribution in [0, 0.1) is 6.92 Å². The zero-order chi connectivity index (χ0) is 24.0. The predicted molar refractivity (Wildman–Crippen MR) is 129 cm³/mol. The highest BCUT2D eigenvalue weighted by molar-refractivity contribution is 7.92. The molecule has 9 heteroatoms. The third kappa shape index (κ3) is 5.85. The number of anilines is 1. The van der Waals surface area contributed by atoms with E-state index in [0.717, 1.165) is 16.5 Å². The molecule has 0 bridgehead atoms. The zero-order valence-electron chi connectivity index (χ0n) is 19.5. The maximum atomic E-state index is 12.9. The number of aromatic nitrogens is 1. The number of hydrogen-bond acceptors (Lipinski definition) is 5. The summed E-state index contributed by atoms with van der Waals surface area (Å²) in [5.74, 6) is 0.667. The highest BCUT2D eigenvalue weighted by atomic mass is 32.2. The number of sulfonamides is 1. The van der Waals surface area contributed by atoms with Gasteiger partial charge in [-0.15, -0.1) is 0 Å². The number of carbonyl (C=O) groups is 1. The Morgan fingerprint density at radius 2 is 1.82 bits per heavy atom. The fourth-order valence-electron chi connectivity index (χ4n) is 3.62. The molecule has 1 amide bonds. The Morgan fingerprint density at radius 1 is 1.06 bits per heavy atom. The molecule has 0 atom stereocenters. The second kappa shape index (κ2) is 10.7. The SMILES string of the molecule is CCN(CC)C(=O)Cn1ccc2cc(NS(=O)(=O)c3ccc(OCCOC)c(C)c3)ccc21. The van der Waals surface area contributed by atoms with Gasteiger partial charge in [-0.1, -0.05) is 0 Å². The summed E-state index contributed by atoms with van der Waals surface area (Å²) in [7, 11) is -2.18. The Bertz CT molecular complexity index is 1220. The van der Waals surface area contributed by atoms with Crippen molar-refractivity contribution in [2.24, 2.45) is 0 Å². The minimum atomic E-state index is -3.77. The Balaban J connectivity index is 1.76. The molecule has 3 rings (SSSR count). The molecule has 1 heterocycles. The van der Waals surface area contributed by atoms with E-state index in [1.54, 1.807) is 43.2 Å². The number of methoxy groups -OCH3 is 1. The Morgan fingerprint density at radius 3 is 2.48 bits per heavy atom. The number of fused-ring (bicyclic) bond motifs is 1. The molecule has 0 saturated heterocycles. The Labute approximate surface area is 195 Å². The van der Waals surface area contributed by atoms with Gasteiger partial charge in [0.1, 0.15) is 18.9 Å². The molecule has 0 unspecified atom stereocenters. The van der Waals surface area contributed by atoms with E-state index in [1.165, 1.54) is 6.07 Å². The molecular weight excluding hydrogens is 442 g/mol. The highest BCUT2D eigenvalue weighted by Gasteiger charge is 2.17. The number of hydrogen-bond donors (Lipinski definition) is 1. The van der Waals surface area contributed by atoms with Crippen LogP contribution in [-0.4, -0.2) is 57.2 Å². The second-order valence-electron chi connectivity index (χ2n) is 7.66. The van der Waals surface area contributed by atoms with Crippen LogP contribution in [0.1, 0.15) is 19.4 Å². The van der Waals surface area contributed by atoms with Gasteiger partial charge in [-0.25, -0.2) is 8.42 Å². The molecule has 33 heavy (non-hydrogen) atoms. The van der Waals surface area contributed by atoms with Gasteiger partial charge < -0.3 is 18.9 Å². The average molecular weight is 474 g/mol. The van der Waals surface area contributed by atoms with E-state index in [1.807, 2.05) is 36.7 Å². The number of ether oxygens (including phenoxy) is 2. The molecule has 0 aliphatic heterocycles. The van der Waals surface area contributed by atoms with E-state index in [0.29, 0.717) is 37.7 Å². The van der Waals surface area contributed by atoms with E-state index >= 15 is 0 Å². The lowest BCUT2D eigenvalue weighted by molar-refractivity contribution is -0.131. The van der Waals surface area contributed by atoms with Gasteiger partial charge in [-0.05, 0) is 68.8 Å². The topological polar surface area (TPSA) is 89.9 Å². The molecular formula is C24H31N3O5S. The van der Waals surface area contributed by atoms with E-state index in [9.17, 15) is 13.2 Å². The normalized spacial score (nSPS) is 11.5. The highest BCUT2D eigenvalue weighted by Crippen LogP contribution is 2.26. The summed E-state index contributed by atoms with van der Waals surface area (Å²) in [6.07, 6.45) is 1.84. The maximum Gasteiger partial charge on any atom is 0.261 e. The molecule has 2 aromatic carbocycles. The molecule has 3 aromatic rings. The van der Waals surface area contributed by atoms with Gasteiger partial charge in [-0.2, -0.15) is 0 Å². The summed E-state index contributed by atoms with van der Waals surface area (Å²) in [6, 6.07) is 11.9. The van der Waals surface area contributed by atoms with Crippen LogP contribution in [0.5, 0.6) is 5.75 Å². The Hall–Kier alpha value is -3.04. The van der Waals surface area contributed by atoms with Gasteiger partial charge in [0.15, 0.2) is 0 Å². The van der Waals surface area contributed by atoms with Crippen molar-refractivity contribution in [1.29, 1.82) is 0 Å². The first kappa shape index (κ1) is 24.6. The molecule has 0 fully saturated rings. The predicted octanol–water partition coefficient (Wildman–Crippen LogP) is 3.64. The van der Waals surface area contributed by atoms with Crippen LogP contribution in [0.15, 0.2) is 53.6 Å². The summed E-state index contributed by atoms with van der Waals surface area (Å²) >= 11 is 0. The average Bonchev–Trinajstić information content (AvgIpc) is 3.17. The van der Waals surface area contributed by atoms with E-state index in [4.69, 9.17) is 9.47 Å². The molecule has 0 spiro atoms. The lowest BCUT2D eigenvalue weighted by Gasteiger charge is -2.19. The third-order valence-electron chi connectivity index (χ3n) is 5.45. The minimum absolute atomic E-state index is 0.0484. The fraction of sp³-hybridized carbons (Fsp3) is 0.375. The zero-order valence-corrected chi connectivity index (χ0v) is 20.3. The molecule has 178 valence electrons. The van der Waals surface area contributed by atoms with Crippen molar-refractivity contribution in [3.05, 3.63) is 54.2 Å². The lowest BCUT2D eigenvalue weighted by Crippen LogP contribution is -2.33. The van der Waals surface area contributed by atoms with Gasteiger partial charge >= 0.3 is 0 Å². The van der Waals surface area contributed by atoms with Crippen molar-refractivity contribution in [3.8, 4) is 5.75 Å². The van der Waals surface area contributed by atoms with Crippen molar-refractivity contribution >= 4 is 32.5 Å². The first-order valence-corrected chi connectivity index (χ1v) is 12.4. The molecule has 8 nitrogen and oxygen atoms in total. The van der Waals surface area contributed by atoms with Crippen LogP contribution in [-0.2, 0) is 26.1 Å². The number of benzene rings is 2. The number of carbonyl (C=O) groups excluding carboxylic acids is 1. The van der Waals surface area contributed by atoms with Crippen LogP contribution in [0.25, 0.3) is 10.9 Å². The molecule has 1 aromatic heterocycles. The van der Waals surface area contributed by atoms with Crippen LogP contribution < -0.4 is 9.46 Å². The van der Waals surface area contributed by atoms with Crippen LogP contribution >= 0.6 is 0 Å². The number of likely N-dealkylation sites (N-methyl/N-ethyl adjacent to an activating group) is 1. The van der Waals surface area contributed by atoms with Crippen molar-refractivity contribution in [2.45, 2.75) is 32.2 Å². The number of nitrogens with one attached hydrogen (secondary N) is 1. The maximum absolute atomic E-state index is 12.9. The van der Waals surface area contributed by atoms with Crippen molar-refractivity contribution in [3.63, 3.8) is 0 Å². The first-order valence-electron chi connectivity index (χ1n) is 10.9. The van der Waals surface area contributed by atoms with Gasteiger partial charge in [0, 0.05) is 43.0 Å². The first-order chi connectivity index (χ1) is 15.8. The summed E-state index contributed by atoms with van der Waals surface area (Å²) < 4.78 is 40.9. The molecule has 1 N–H and O–H groups in total. The monoisotopic (exact) mass is 473 g/mol. The van der Waals surface area contributed by atoms with Crippen LogP contribution in [0.2, 0.25) is 0 Å².